The Labute approximate surface area is 139 Å². The summed E-state index contributed by atoms with van der Waals surface area (Å²) in [5, 5.41) is 32.5. The molecule has 4 N–H and O–H groups in total. The summed E-state index contributed by atoms with van der Waals surface area (Å²) in [6, 6.07) is 7.07. The quantitative estimate of drug-likeness (QED) is 0.563. The summed E-state index contributed by atoms with van der Waals surface area (Å²) in [7, 11) is 1.49. The molecule has 5 atom stereocenters. The van der Waals surface area contributed by atoms with Crippen LogP contribution in [-0.4, -0.2) is 58.3 Å². The molecule has 2 rings (SSSR count). The highest BCUT2D eigenvalue weighted by Gasteiger charge is 2.43. The fraction of sp³-hybridized carbons (Fsp3) is 0.533. The Kier molecular flexibility index (Phi) is 6.14. The number of nitrogens with one attached hydrogen (secondary N) is 1. The molecule has 0 aromatic heterocycles. The van der Waals surface area contributed by atoms with Crippen LogP contribution in [0, 0.1) is 0 Å². The van der Waals surface area contributed by atoms with Gasteiger partial charge in [-0.05, 0) is 36.8 Å². The lowest BCUT2D eigenvalue weighted by molar-refractivity contribution is -0.268. The zero-order valence-electron chi connectivity index (χ0n) is 12.9. The Morgan fingerprint density at radius 2 is 1.83 bits per heavy atom. The molecule has 0 aliphatic carbocycles. The smallest absolute Gasteiger partial charge is 0.256 e. The summed E-state index contributed by atoms with van der Waals surface area (Å²) >= 11 is 4.89. The van der Waals surface area contributed by atoms with Gasteiger partial charge in [-0.1, -0.05) is 12.1 Å². The van der Waals surface area contributed by atoms with Gasteiger partial charge in [0.15, 0.2) is 0 Å². The number of hydrogen-bond acceptors (Lipinski definition) is 7. The Morgan fingerprint density at radius 1 is 1.17 bits per heavy atom. The van der Waals surface area contributed by atoms with Crippen LogP contribution in [0.2, 0.25) is 0 Å². The van der Waals surface area contributed by atoms with Gasteiger partial charge in [-0.3, -0.25) is 0 Å². The molecule has 0 bridgehead atoms. The number of aliphatic hydroxyl groups is 3. The van der Waals surface area contributed by atoms with Crippen LogP contribution < -0.4 is 10.1 Å². The zero-order valence-corrected chi connectivity index (χ0v) is 13.7. The van der Waals surface area contributed by atoms with Crippen molar-refractivity contribution < 1.29 is 29.5 Å². The summed E-state index contributed by atoms with van der Waals surface area (Å²) in [6.07, 6.45) is -5.49. The van der Waals surface area contributed by atoms with E-state index in [1.165, 1.54) is 7.11 Å². The summed E-state index contributed by atoms with van der Waals surface area (Å²) in [6.45, 7) is 2.11. The van der Waals surface area contributed by atoms with E-state index in [0.29, 0.717) is 17.5 Å². The van der Waals surface area contributed by atoms with Crippen LogP contribution in [0.3, 0.4) is 0 Å². The van der Waals surface area contributed by atoms with Crippen molar-refractivity contribution in [1.82, 2.24) is 5.32 Å². The molecule has 0 radical (unpaired) electrons. The van der Waals surface area contributed by atoms with Gasteiger partial charge in [0.2, 0.25) is 6.29 Å². The van der Waals surface area contributed by atoms with Gasteiger partial charge in [0.25, 0.3) is 5.17 Å². The van der Waals surface area contributed by atoms with Crippen LogP contribution in [0.25, 0.3) is 0 Å². The topological polar surface area (TPSA) is 100 Å². The molecule has 1 saturated heterocycles. The van der Waals surface area contributed by atoms with E-state index in [1.807, 2.05) is 12.1 Å². The van der Waals surface area contributed by atoms with Crippen LogP contribution >= 0.6 is 12.2 Å². The highest BCUT2D eigenvalue weighted by molar-refractivity contribution is 7.80. The third kappa shape index (κ3) is 4.52. The number of thiocarbonyl (C=S) groups is 1. The summed E-state index contributed by atoms with van der Waals surface area (Å²) in [4.78, 5) is 0. The highest BCUT2D eigenvalue weighted by Crippen LogP contribution is 2.24. The average Bonchev–Trinajstić information content (AvgIpc) is 2.56. The SMILES string of the molecule is COC(=S)NCc1ccc(O[C@@H]2O[C@@H](C)[C@H](O)[C@@H](O)[C@H]2O)cc1. The number of ether oxygens (including phenoxy) is 3. The van der Waals surface area contributed by atoms with Crippen LogP contribution in [0.1, 0.15) is 12.5 Å². The summed E-state index contributed by atoms with van der Waals surface area (Å²) < 4.78 is 15.8. The van der Waals surface area contributed by atoms with Gasteiger partial charge in [-0.15, -0.1) is 0 Å². The van der Waals surface area contributed by atoms with Crippen molar-refractivity contribution in [2.24, 2.45) is 0 Å². The van der Waals surface area contributed by atoms with Crippen molar-refractivity contribution in [3.8, 4) is 5.75 Å². The lowest BCUT2D eigenvalue weighted by Crippen LogP contribution is -2.58. The molecule has 1 aromatic carbocycles. The first-order chi connectivity index (χ1) is 10.9. The van der Waals surface area contributed by atoms with E-state index >= 15 is 0 Å². The first kappa shape index (κ1) is 17.9. The number of methoxy groups -OCH3 is 1. The zero-order chi connectivity index (χ0) is 17.0. The van der Waals surface area contributed by atoms with E-state index in [9.17, 15) is 15.3 Å². The molecule has 8 heteroatoms. The summed E-state index contributed by atoms with van der Waals surface area (Å²) in [5.41, 5.74) is 0.964. The van der Waals surface area contributed by atoms with E-state index in [1.54, 1.807) is 19.1 Å². The van der Waals surface area contributed by atoms with Crippen molar-refractivity contribution in [3.63, 3.8) is 0 Å². The first-order valence-corrected chi connectivity index (χ1v) is 7.60. The molecule has 0 unspecified atom stereocenters. The van der Waals surface area contributed by atoms with Gasteiger partial charge < -0.3 is 34.8 Å². The predicted molar refractivity (Wildman–Crippen MR) is 85.9 cm³/mol. The molecule has 1 heterocycles. The normalized spacial score (nSPS) is 30.6. The van der Waals surface area contributed by atoms with Gasteiger partial charge in [0.05, 0.1) is 13.2 Å². The number of aliphatic hydroxyl groups excluding tert-OH is 3. The molecule has 1 aliphatic rings. The fourth-order valence-electron chi connectivity index (χ4n) is 2.18. The minimum Gasteiger partial charge on any atom is -0.474 e. The second-order valence-electron chi connectivity index (χ2n) is 5.29. The van der Waals surface area contributed by atoms with Gasteiger partial charge >= 0.3 is 0 Å². The molecule has 128 valence electrons. The van der Waals surface area contributed by atoms with Gasteiger partial charge in [-0.2, -0.15) is 0 Å². The molecule has 7 nitrogen and oxygen atoms in total. The van der Waals surface area contributed by atoms with E-state index < -0.39 is 30.7 Å². The molecule has 0 saturated carbocycles. The number of hydrogen-bond donors (Lipinski definition) is 4. The van der Waals surface area contributed by atoms with Crippen LogP contribution in [0.15, 0.2) is 24.3 Å². The van der Waals surface area contributed by atoms with Crippen molar-refractivity contribution in [1.29, 1.82) is 0 Å². The third-order valence-corrected chi connectivity index (χ3v) is 3.92. The maximum Gasteiger partial charge on any atom is 0.256 e. The van der Waals surface area contributed by atoms with Crippen LogP contribution in [0.4, 0.5) is 0 Å². The minimum absolute atomic E-state index is 0.311. The molecular formula is C15H21NO6S. The second kappa shape index (κ2) is 7.89. The van der Waals surface area contributed by atoms with Crippen molar-refractivity contribution in [3.05, 3.63) is 29.8 Å². The Morgan fingerprint density at radius 3 is 2.43 bits per heavy atom. The predicted octanol–water partition coefficient (Wildman–Crippen LogP) is -0.0862. The third-order valence-electron chi connectivity index (χ3n) is 3.61. The number of benzene rings is 1. The number of rotatable bonds is 4. The van der Waals surface area contributed by atoms with E-state index in [0.717, 1.165) is 5.56 Å². The molecule has 1 aliphatic heterocycles. The van der Waals surface area contributed by atoms with E-state index in [2.05, 4.69) is 5.32 Å². The van der Waals surface area contributed by atoms with Crippen molar-refractivity contribution >= 4 is 17.4 Å². The molecule has 0 amide bonds. The maximum atomic E-state index is 9.92. The van der Waals surface area contributed by atoms with Crippen molar-refractivity contribution in [2.75, 3.05) is 7.11 Å². The molecular weight excluding hydrogens is 322 g/mol. The van der Waals surface area contributed by atoms with Gasteiger partial charge in [0, 0.05) is 6.54 Å². The molecule has 0 spiro atoms. The van der Waals surface area contributed by atoms with E-state index in [4.69, 9.17) is 26.4 Å². The van der Waals surface area contributed by atoms with Gasteiger partial charge in [0.1, 0.15) is 24.1 Å². The van der Waals surface area contributed by atoms with Crippen LogP contribution in [-0.2, 0) is 16.0 Å². The Balaban J connectivity index is 1.94. The Hall–Kier alpha value is -1.45. The molecule has 1 fully saturated rings. The first-order valence-electron chi connectivity index (χ1n) is 7.19. The largest absolute Gasteiger partial charge is 0.474 e. The lowest BCUT2D eigenvalue weighted by Gasteiger charge is -2.38. The monoisotopic (exact) mass is 343 g/mol. The van der Waals surface area contributed by atoms with Crippen LogP contribution in [0.5, 0.6) is 5.75 Å². The van der Waals surface area contributed by atoms with Crippen molar-refractivity contribution in [2.45, 2.75) is 44.2 Å². The minimum atomic E-state index is -1.33. The lowest BCUT2D eigenvalue weighted by atomic mass is 10.00. The highest BCUT2D eigenvalue weighted by atomic mass is 32.1. The Bertz CT molecular complexity index is 525. The van der Waals surface area contributed by atoms with E-state index in [-0.39, 0.29) is 0 Å². The summed E-state index contributed by atoms with van der Waals surface area (Å²) in [5.74, 6) is 0.475. The van der Waals surface area contributed by atoms with Gasteiger partial charge in [-0.25, -0.2) is 0 Å². The second-order valence-corrected chi connectivity index (χ2v) is 5.66. The fourth-order valence-corrected chi connectivity index (χ4v) is 2.25. The molecule has 1 aromatic rings. The molecule has 23 heavy (non-hydrogen) atoms. The maximum absolute atomic E-state index is 9.92. The standard InChI is InChI=1S/C15H21NO6S/c1-8-11(17)12(18)13(19)14(21-8)22-10-5-3-9(4-6-10)7-16-15(23)20-2/h3-6,8,11-14,17-19H,7H2,1-2H3,(H,16,23)/t8-,11-,12+,13+,14-/m0/s1. The average molecular weight is 343 g/mol.